The maximum atomic E-state index is 11.1. The minimum absolute atomic E-state index is 0.863. The number of rotatable bonds is 4. The average molecular weight is 197 g/mol. The first-order valence-electron chi connectivity index (χ1n) is 4.37. The highest BCUT2D eigenvalue weighted by molar-refractivity contribution is 7.84. The van der Waals surface area contributed by atoms with Gasteiger partial charge in [-0.2, -0.15) is 0 Å². The van der Waals surface area contributed by atoms with Crippen molar-refractivity contribution in [3.63, 3.8) is 0 Å². The van der Waals surface area contributed by atoms with Gasteiger partial charge in [-0.3, -0.25) is 4.21 Å². The van der Waals surface area contributed by atoms with Crippen LogP contribution in [-0.4, -0.2) is 17.0 Å². The summed E-state index contributed by atoms with van der Waals surface area (Å²) in [6.45, 7) is 3.93. The average Bonchev–Trinajstić information content (AvgIpc) is 2.15. The zero-order chi connectivity index (χ0) is 9.68. The van der Waals surface area contributed by atoms with Crippen LogP contribution in [0.15, 0.2) is 29.2 Å². The van der Waals surface area contributed by atoms with Gasteiger partial charge in [0.05, 0.1) is 0 Å². The second kappa shape index (κ2) is 5.14. The molecule has 13 heavy (non-hydrogen) atoms. The van der Waals surface area contributed by atoms with Crippen LogP contribution in [-0.2, 0) is 17.3 Å². The zero-order valence-electron chi connectivity index (χ0n) is 8.04. The molecule has 0 bridgehead atoms. The first-order valence-corrected chi connectivity index (χ1v) is 5.93. The Morgan fingerprint density at radius 1 is 1.31 bits per heavy atom. The molecule has 0 spiro atoms. The summed E-state index contributed by atoms with van der Waals surface area (Å²) in [7, 11) is -0.863. The number of hydrogen-bond donors (Lipinski definition) is 1. The van der Waals surface area contributed by atoms with Gasteiger partial charge < -0.3 is 5.32 Å². The predicted molar refractivity (Wildman–Crippen MR) is 56.2 cm³/mol. The highest BCUT2D eigenvalue weighted by atomic mass is 32.2. The molecule has 0 aromatic heterocycles. The molecule has 0 saturated heterocycles. The minimum Gasteiger partial charge on any atom is -0.313 e. The minimum atomic E-state index is -0.863. The summed E-state index contributed by atoms with van der Waals surface area (Å²) in [5, 5.41) is 3.24. The summed E-state index contributed by atoms with van der Waals surface area (Å²) in [6.07, 6.45) is 1.69. The Morgan fingerprint density at radius 2 is 1.92 bits per heavy atom. The van der Waals surface area contributed by atoms with Crippen molar-refractivity contribution in [1.82, 2.24) is 5.32 Å². The van der Waals surface area contributed by atoms with Gasteiger partial charge in [-0.05, 0) is 24.2 Å². The van der Waals surface area contributed by atoms with Crippen molar-refractivity contribution in [1.29, 1.82) is 0 Å². The molecule has 0 aliphatic heterocycles. The first kappa shape index (κ1) is 10.4. The molecule has 0 fully saturated rings. The summed E-state index contributed by atoms with van der Waals surface area (Å²) in [5.74, 6) is 0. The third kappa shape index (κ3) is 3.28. The van der Waals surface area contributed by atoms with E-state index in [9.17, 15) is 4.21 Å². The molecule has 72 valence electrons. The molecule has 0 aliphatic carbocycles. The van der Waals surface area contributed by atoms with Gasteiger partial charge in [0.1, 0.15) is 0 Å². The quantitative estimate of drug-likeness (QED) is 0.793. The van der Waals surface area contributed by atoms with E-state index in [0.29, 0.717) is 0 Å². The van der Waals surface area contributed by atoms with Gasteiger partial charge in [0, 0.05) is 28.5 Å². The van der Waals surface area contributed by atoms with Crippen LogP contribution in [0.1, 0.15) is 12.5 Å². The fourth-order valence-electron chi connectivity index (χ4n) is 1.07. The summed E-state index contributed by atoms with van der Waals surface area (Å²) in [5.41, 5.74) is 1.23. The van der Waals surface area contributed by atoms with Crippen LogP contribution in [0.4, 0.5) is 0 Å². The lowest BCUT2D eigenvalue weighted by atomic mass is 10.2. The van der Waals surface area contributed by atoms with Crippen LogP contribution in [0.3, 0.4) is 0 Å². The molecule has 1 aromatic rings. The van der Waals surface area contributed by atoms with Crippen molar-refractivity contribution >= 4 is 10.8 Å². The third-order valence-electron chi connectivity index (χ3n) is 1.83. The van der Waals surface area contributed by atoms with E-state index in [4.69, 9.17) is 0 Å². The predicted octanol–water partition coefficient (Wildman–Crippen LogP) is 1.53. The van der Waals surface area contributed by atoms with E-state index in [1.165, 1.54) is 5.56 Å². The maximum Gasteiger partial charge on any atom is 0.0498 e. The summed E-state index contributed by atoms with van der Waals surface area (Å²) in [4.78, 5) is 0.889. The Morgan fingerprint density at radius 3 is 2.38 bits per heavy atom. The second-order valence-electron chi connectivity index (χ2n) is 2.88. The Kier molecular flexibility index (Phi) is 4.12. The van der Waals surface area contributed by atoms with E-state index in [1.807, 2.05) is 24.3 Å². The molecule has 1 unspecified atom stereocenters. The van der Waals surface area contributed by atoms with Gasteiger partial charge in [-0.25, -0.2) is 0 Å². The molecule has 1 rings (SSSR count). The Labute approximate surface area is 81.8 Å². The standard InChI is InChI=1S/C10H15NOS/c1-3-11-8-9-4-6-10(7-5-9)13(2)12/h4-7,11H,3,8H2,1-2H3. The number of nitrogens with one attached hydrogen (secondary N) is 1. The molecule has 3 heteroatoms. The van der Waals surface area contributed by atoms with Crippen molar-refractivity contribution in [3.05, 3.63) is 29.8 Å². The fourth-order valence-corrected chi connectivity index (χ4v) is 1.59. The van der Waals surface area contributed by atoms with Crippen molar-refractivity contribution < 1.29 is 4.21 Å². The van der Waals surface area contributed by atoms with Crippen LogP contribution in [0.2, 0.25) is 0 Å². The van der Waals surface area contributed by atoms with E-state index in [0.717, 1.165) is 18.0 Å². The van der Waals surface area contributed by atoms with E-state index in [-0.39, 0.29) is 0 Å². The van der Waals surface area contributed by atoms with Gasteiger partial charge in [0.15, 0.2) is 0 Å². The van der Waals surface area contributed by atoms with Gasteiger partial charge in [0.25, 0.3) is 0 Å². The first-order chi connectivity index (χ1) is 6.24. The van der Waals surface area contributed by atoms with Crippen molar-refractivity contribution in [2.75, 3.05) is 12.8 Å². The smallest absolute Gasteiger partial charge is 0.0498 e. The van der Waals surface area contributed by atoms with Gasteiger partial charge in [-0.15, -0.1) is 0 Å². The van der Waals surface area contributed by atoms with Gasteiger partial charge >= 0.3 is 0 Å². The summed E-state index contributed by atoms with van der Waals surface area (Å²) >= 11 is 0. The molecule has 0 amide bonds. The SMILES string of the molecule is CCNCc1ccc(S(C)=O)cc1. The summed E-state index contributed by atoms with van der Waals surface area (Å²) in [6, 6.07) is 7.87. The Hall–Kier alpha value is -0.670. The van der Waals surface area contributed by atoms with Crippen molar-refractivity contribution in [2.24, 2.45) is 0 Å². The summed E-state index contributed by atoms with van der Waals surface area (Å²) < 4.78 is 11.1. The molecule has 1 aromatic carbocycles. The van der Waals surface area contributed by atoms with Crippen LogP contribution in [0.25, 0.3) is 0 Å². The molecular formula is C10H15NOS. The highest BCUT2D eigenvalue weighted by Crippen LogP contribution is 2.07. The Balaban J connectivity index is 2.64. The van der Waals surface area contributed by atoms with Crippen LogP contribution in [0.5, 0.6) is 0 Å². The molecule has 0 saturated carbocycles. The zero-order valence-corrected chi connectivity index (χ0v) is 8.86. The molecule has 0 radical (unpaired) electrons. The van der Waals surface area contributed by atoms with Crippen LogP contribution in [0, 0.1) is 0 Å². The lowest BCUT2D eigenvalue weighted by Crippen LogP contribution is -2.11. The normalized spacial score (nSPS) is 12.8. The monoisotopic (exact) mass is 197 g/mol. The highest BCUT2D eigenvalue weighted by Gasteiger charge is 1.96. The lowest BCUT2D eigenvalue weighted by molar-refractivity contribution is 0.686. The number of benzene rings is 1. The second-order valence-corrected chi connectivity index (χ2v) is 4.26. The third-order valence-corrected chi connectivity index (χ3v) is 2.77. The van der Waals surface area contributed by atoms with E-state index >= 15 is 0 Å². The fraction of sp³-hybridized carbons (Fsp3) is 0.400. The molecule has 1 atom stereocenters. The van der Waals surface area contributed by atoms with Gasteiger partial charge in [-0.1, -0.05) is 19.1 Å². The molecular weight excluding hydrogens is 182 g/mol. The molecule has 2 nitrogen and oxygen atoms in total. The molecule has 0 heterocycles. The van der Waals surface area contributed by atoms with E-state index in [2.05, 4.69) is 12.2 Å². The van der Waals surface area contributed by atoms with Crippen LogP contribution < -0.4 is 5.32 Å². The lowest BCUT2D eigenvalue weighted by Gasteiger charge is -2.02. The van der Waals surface area contributed by atoms with Crippen LogP contribution >= 0.6 is 0 Å². The van der Waals surface area contributed by atoms with E-state index < -0.39 is 10.8 Å². The molecule has 1 N–H and O–H groups in total. The van der Waals surface area contributed by atoms with E-state index in [1.54, 1.807) is 6.26 Å². The molecule has 0 aliphatic rings. The number of hydrogen-bond acceptors (Lipinski definition) is 2. The van der Waals surface area contributed by atoms with Crippen molar-refractivity contribution in [3.8, 4) is 0 Å². The Bertz CT molecular complexity index is 281. The van der Waals surface area contributed by atoms with Gasteiger partial charge in [0.2, 0.25) is 0 Å². The van der Waals surface area contributed by atoms with Crippen molar-refractivity contribution in [2.45, 2.75) is 18.4 Å². The largest absolute Gasteiger partial charge is 0.313 e. The maximum absolute atomic E-state index is 11.1. The topological polar surface area (TPSA) is 29.1 Å².